The summed E-state index contributed by atoms with van der Waals surface area (Å²) in [6, 6.07) is 11.2. The van der Waals surface area contributed by atoms with Crippen LogP contribution in [0, 0.1) is 5.92 Å². The molecule has 0 aliphatic rings. The number of anilines is 1. The molecule has 0 aromatic heterocycles. The van der Waals surface area contributed by atoms with E-state index in [4.69, 9.17) is 18.9 Å². The van der Waals surface area contributed by atoms with Crippen LogP contribution in [-0.2, 0) is 9.53 Å². The van der Waals surface area contributed by atoms with Crippen LogP contribution in [0.2, 0.25) is 0 Å². The van der Waals surface area contributed by atoms with Gasteiger partial charge in [-0.1, -0.05) is 13.8 Å². The summed E-state index contributed by atoms with van der Waals surface area (Å²) >= 11 is 0. The van der Waals surface area contributed by atoms with E-state index >= 15 is 0 Å². The Bertz CT molecular complexity index is 883. The van der Waals surface area contributed by atoms with Crippen LogP contribution in [0.3, 0.4) is 0 Å². The smallest absolute Gasteiger partial charge is 0.251 e. The van der Waals surface area contributed by atoms with Crippen molar-refractivity contribution in [2.45, 2.75) is 26.8 Å². The van der Waals surface area contributed by atoms with Gasteiger partial charge in [-0.25, -0.2) is 0 Å². The molecule has 0 spiro atoms. The molecule has 0 aliphatic carbocycles. The van der Waals surface area contributed by atoms with Crippen LogP contribution in [0.1, 0.15) is 31.1 Å². The van der Waals surface area contributed by atoms with Crippen LogP contribution in [0.25, 0.3) is 0 Å². The van der Waals surface area contributed by atoms with E-state index in [9.17, 15) is 9.59 Å². The molecule has 2 aromatic carbocycles. The fourth-order valence-corrected chi connectivity index (χ4v) is 2.95. The van der Waals surface area contributed by atoms with Crippen molar-refractivity contribution in [2.24, 2.45) is 5.92 Å². The summed E-state index contributed by atoms with van der Waals surface area (Å²) in [6.07, 6.45) is 0. The van der Waals surface area contributed by atoms with Crippen molar-refractivity contribution in [3.8, 4) is 17.2 Å². The number of nitrogens with one attached hydrogen (secondary N) is 2. The second kappa shape index (κ2) is 12.6. The first-order chi connectivity index (χ1) is 15.4. The molecule has 0 heterocycles. The van der Waals surface area contributed by atoms with E-state index in [0.29, 0.717) is 48.3 Å². The molecule has 0 fully saturated rings. The molecule has 0 saturated carbocycles. The number of methoxy groups -OCH3 is 2. The van der Waals surface area contributed by atoms with Gasteiger partial charge in [0, 0.05) is 24.4 Å². The fourth-order valence-electron chi connectivity index (χ4n) is 2.95. The van der Waals surface area contributed by atoms with E-state index < -0.39 is 6.04 Å². The predicted octanol–water partition coefficient (Wildman–Crippen LogP) is 3.51. The zero-order valence-corrected chi connectivity index (χ0v) is 19.3. The van der Waals surface area contributed by atoms with Crippen molar-refractivity contribution in [1.82, 2.24) is 5.32 Å². The SMILES string of the molecule is CCOc1ccc(C(=O)NC(C(=O)Nc2ccc(OC)c(OCCOC)c2)C(C)C)cc1. The third kappa shape index (κ3) is 7.16. The number of carbonyl (C=O) groups is 2. The number of hydrogen-bond donors (Lipinski definition) is 2. The van der Waals surface area contributed by atoms with Gasteiger partial charge in [-0.05, 0) is 49.2 Å². The van der Waals surface area contributed by atoms with Gasteiger partial charge in [0.1, 0.15) is 18.4 Å². The summed E-state index contributed by atoms with van der Waals surface area (Å²) in [4.78, 5) is 25.6. The van der Waals surface area contributed by atoms with E-state index in [-0.39, 0.29) is 17.7 Å². The quantitative estimate of drug-likeness (QED) is 0.487. The Morgan fingerprint density at radius 1 is 0.938 bits per heavy atom. The summed E-state index contributed by atoms with van der Waals surface area (Å²) in [5.41, 5.74) is 0.981. The summed E-state index contributed by atoms with van der Waals surface area (Å²) in [5.74, 6) is 0.931. The van der Waals surface area contributed by atoms with E-state index in [1.54, 1.807) is 56.7 Å². The van der Waals surface area contributed by atoms with Crippen molar-refractivity contribution in [1.29, 1.82) is 0 Å². The highest BCUT2D eigenvalue weighted by atomic mass is 16.5. The van der Waals surface area contributed by atoms with Crippen LogP contribution in [0.5, 0.6) is 17.2 Å². The molecule has 1 unspecified atom stereocenters. The number of hydrogen-bond acceptors (Lipinski definition) is 6. The largest absolute Gasteiger partial charge is 0.494 e. The molecule has 2 aromatic rings. The lowest BCUT2D eigenvalue weighted by molar-refractivity contribution is -0.118. The first-order valence-corrected chi connectivity index (χ1v) is 10.5. The molecule has 8 nitrogen and oxygen atoms in total. The number of carbonyl (C=O) groups excluding carboxylic acids is 2. The van der Waals surface area contributed by atoms with Crippen LogP contribution < -0.4 is 24.8 Å². The molecule has 0 bridgehead atoms. The minimum atomic E-state index is -0.728. The van der Waals surface area contributed by atoms with Crippen molar-refractivity contribution in [3.63, 3.8) is 0 Å². The maximum absolute atomic E-state index is 12.9. The van der Waals surface area contributed by atoms with Crippen LogP contribution in [0.4, 0.5) is 5.69 Å². The van der Waals surface area contributed by atoms with Gasteiger partial charge >= 0.3 is 0 Å². The molecule has 2 N–H and O–H groups in total. The number of amides is 2. The number of ether oxygens (including phenoxy) is 4. The monoisotopic (exact) mass is 444 g/mol. The van der Waals surface area contributed by atoms with Gasteiger partial charge < -0.3 is 29.6 Å². The Hall–Kier alpha value is -3.26. The molecule has 2 rings (SSSR count). The molecule has 32 heavy (non-hydrogen) atoms. The summed E-state index contributed by atoms with van der Waals surface area (Å²) < 4.78 is 21.4. The normalized spacial score (nSPS) is 11.6. The van der Waals surface area contributed by atoms with Gasteiger partial charge in [0.25, 0.3) is 5.91 Å². The molecule has 0 aliphatic heterocycles. The van der Waals surface area contributed by atoms with E-state index in [1.165, 1.54) is 0 Å². The molecule has 2 amide bonds. The summed E-state index contributed by atoms with van der Waals surface area (Å²) in [6.45, 7) is 6.95. The number of rotatable bonds is 12. The molecule has 8 heteroatoms. The van der Waals surface area contributed by atoms with Crippen LogP contribution >= 0.6 is 0 Å². The van der Waals surface area contributed by atoms with Gasteiger partial charge in [-0.2, -0.15) is 0 Å². The predicted molar refractivity (Wildman–Crippen MR) is 123 cm³/mol. The van der Waals surface area contributed by atoms with Crippen molar-refractivity contribution in [3.05, 3.63) is 48.0 Å². The molecule has 1 atom stereocenters. The Morgan fingerprint density at radius 3 is 2.25 bits per heavy atom. The Morgan fingerprint density at radius 2 is 1.66 bits per heavy atom. The minimum Gasteiger partial charge on any atom is -0.494 e. The van der Waals surface area contributed by atoms with Crippen molar-refractivity contribution >= 4 is 17.5 Å². The molecular formula is C24H32N2O6. The molecular weight excluding hydrogens is 412 g/mol. The minimum absolute atomic E-state index is 0.127. The van der Waals surface area contributed by atoms with Gasteiger partial charge in [-0.15, -0.1) is 0 Å². The maximum atomic E-state index is 12.9. The third-order valence-corrected chi connectivity index (χ3v) is 4.64. The lowest BCUT2D eigenvalue weighted by atomic mass is 10.0. The maximum Gasteiger partial charge on any atom is 0.251 e. The lowest BCUT2D eigenvalue weighted by Gasteiger charge is -2.22. The Balaban J connectivity index is 2.09. The highest BCUT2D eigenvalue weighted by Gasteiger charge is 2.25. The van der Waals surface area contributed by atoms with E-state index in [1.807, 2.05) is 20.8 Å². The van der Waals surface area contributed by atoms with Gasteiger partial charge in [0.05, 0.1) is 20.3 Å². The average molecular weight is 445 g/mol. The number of benzene rings is 2. The summed E-state index contributed by atoms with van der Waals surface area (Å²) in [7, 11) is 3.13. The average Bonchev–Trinajstić information content (AvgIpc) is 2.78. The zero-order valence-electron chi connectivity index (χ0n) is 19.3. The lowest BCUT2D eigenvalue weighted by Crippen LogP contribution is -2.47. The molecule has 174 valence electrons. The van der Waals surface area contributed by atoms with Crippen LogP contribution in [0.15, 0.2) is 42.5 Å². The van der Waals surface area contributed by atoms with Crippen molar-refractivity contribution in [2.75, 3.05) is 39.4 Å². The standard InChI is InChI=1S/C24H32N2O6/c1-6-31-19-10-7-17(8-11-19)23(27)26-22(16(2)3)24(28)25-18-9-12-20(30-5)21(15-18)32-14-13-29-4/h7-12,15-16,22H,6,13-14H2,1-5H3,(H,25,28)(H,26,27). The zero-order chi connectivity index (χ0) is 23.5. The van der Waals surface area contributed by atoms with Crippen molar-refractivity contribution < 1.29 is 28.5 Å². The second-order valence-corrected chi connectivity index (χ2v) is 7.35. The summed E-state index contributed by atoms with van der Waals surface area (Å²) in [5, 5.41) is 5.67. The molecule has 0 saturated heterocycles. The van der Waals surface area contributed by atoms with Gasteiger partial charge in [0.15, 0.2) is 11.5 Å². The third-order valence-electron chi connectivity index (χ3n) is 4.64. The second-order valence-electron chi connectivity index (χ2n) is 7.35. The topological polar surface area (TPSA) is 95.1 Å². The first kappa shape index (κ1) is 25.0. The Kier molecular flexibility index (Phi) is 9.81. The van der Waals surface area contributed by atoms with Gasteiger partial charge in [0.2, 0.25) is 5.91 Å². The van der Waals surface area contributed by atoms with E-state index in [0.717, 1.165) is 0 Å². The van der Waals surface area contributed by atoms with Crippen LogP contribution in [-0.4, -0.2) is 51.9 Å². The first-order valence-electron chi connectivity index (χ1n) is 10.5. The Labute approximate surface area is 189 Å². The van der Waals surface area contributed by atoms with Gasteiger partial charge in [-0.3, -0.25) is 9.59 Å². The highest BCUT2D eigenvalue weighted by Crippen LogP contribution is 2.30. The molecule has 0 radical (unpaired) electrons. The fraction of sp³-hybridized carbons (Fsp3) is 0.417. The highest BCUT2D eigenvalue weighted by molar-refractivity contribution is 6.01. The van der Waals surface area contributed by atoms with E-state index in [2.05, 4.69) is 10.6 Å².